The van der Waals surface area contributed by atoms with Crippen LogP contribution in [0.2, 0.25) is 0 Å². The number of nitrogens with zero attached hydrogens (tertiary/aromatic N) is 1. The summed E-state index contributed by atoms with van der Waals surface area (Å²) in [4.78, 5) is 14.4. The largest absolute Gasteiger partial charge is 0.385 e. The molecule has 2 aromatic carbocycles. The maximum Gasteiger partial charge on any atom is 0.226 e. The lowest BCUT2D eigenvalue weighted by molar-refractivity contribution is -0.115. The summed E-state index contributed by atoms with van der Waals surface area (Å²) in [5, 5.41) is 6.41. The Balaban J connectivity index is 1.89. The number of carbonyl (C=O) groups excluding carboxylic acids is 1. The van der Waals surface area contributed by atoms with Crippen LogP contribution in [0.4, 0.5) is 17.1 Å². The van der Waals surface area contributed by atoms with E-state index in [-0.39, 0.29) is 5.91 Å². The van der Waals surface area contributed by atoms with E-state index in [4.69, 9.17) is 0 Å². The number of benzene rings is 2. The first-order valence-corrected chi connectivity index (χ1v) is 8.97. The van der Waals surface area contributed by atoms with E-state index in [0.29, 0.717) is 13.0 Å². The zero-order valence-corrected chi connectivity index (χ0v) is 15.7. The fourth-order valence-electron chi connectivity index (χ4n) is 2.80. The molecule has 0 saturated carbocycles. The third kappa shape index (κ3) is 5.24. The molecule has 4 nitrogen and oxygen atoms in total. The van der Waals surface area contributed by atoms with Crippen LogP contribution in [0.1, 0.15) is 31.4 Å². The first kappa shape index (κ1) is 18.8. The molecular weight excluding hydrogens is 310 g/mol. The van der Waals surface area contributed by atoms with Gasteiger partial charge in [0.05, 0.1) is 0 Å². The van der Waals surface area contributed by atoms with Gasteiger partial charge in [-0.25, -0.2) is 0 Å². The van der Waals surface area contributed by atoms with Crippen molar-refractivity contribution in [1.29, 1.82) is 0 Å². The molecule has 2 aromatic rings. The summed E-state index contributed by atoms with van der Waals surface area (Å²) >= 11 is 0. The lowest BCUT2D eigenvalue weighted by Crippen LogP contribution is -2.18. The molecule has 2 N–H and O–H groups in total. The Morgan fingerprint density at radius 2 is 1.56 bits per heavy atom. The second-order valence-electron chi connectivity index (χ2n) is 6.32. The summed E-state index contributed by atoms with van der Waals surface area (Å²) in [5.41, 5.74) is 5.57. The van der Waals surface area contributed by atoms with Crippen molar-refractivity contribution in [1.82, 2.24) is 0 Å². The minimum absolute atomic E-state index is 0.0491. The van der Waals surface area contributed by atoms with Crippen molar-refractivity contribution in [2.75, 3.05) is 36.2 Å². The first-order chi connectivity index (χ1) is 12.0. The van der Waals surface area contributed by atoms with Gasteiger partial charge in [-0.2, -0.15) is 0 Å². The van der Waals surface area contributed by atoms with Gasteiger partial charge in [-0.15, -0.1) is 0 Å². The number of carbonyl (C=O) groups is 1. The van der Waals surface area contributed by atoms with Gasteiger partial charge in [-0.3, -0.25) is 4.79 Å². The lowest BCUT2D eigenvalue weighted by atomic mass is 10.0. The number of hydrogen-bond acceptors (Lipinski definition) is 3. The second-order valence-corrected chi connectivity index (χ2v) is 6.32. The molecule has 0 aliphatic carbocycles. The van der Waals surface area contributed by atoms with Gasteiger partial charge < -0.3 is 15.5 Å². The summed E-state index contributed by atoms with van der Waals surface area (Å²) < 4.78 is 0. The van der Waals surface area contributed by atoms with E-state index in [9.17, 15) is 4.79 Å². The third-order valence-electron chi connectivity index (χ3n) is 4.33. The van der Waals surface area contributed by atoms with Crippen LogP contribution in [0.15, 0.2) is 42.5 Å². The van der Waals surface area contributed by atoms with Crippen molar-refractivity contribution >= 4 is 23.0 Å². The molecule has 0 heterocycles. The maximum atomic E-state index is 12.3. The topological polar surface area (TPSA) is 44.4 Å². The number of aryl methyl sites for hydroxylation is 2. The molecule has 0 fully saturated rings. The predicted octanol–water partition coefficient (Wildman–Crippen LogP) is 4.32. The molecular formula is C21H29N3O. The number of hydrogen-bond donors (Lipinski definition) is 2. The molecule has 0 aliphatic heterocycles. The van der Waals surface area contributed by atoms with Gasteiger partial charge >= 0.3 is 0 Å². The molecule has 0 radical (unpaired) electrons. The summed E-state index contributed by atoms with van der Waals surface area (Å²) in [7, 11) is 4.04. The molecule has 2 rings (SSSR count). The number of nitrogens with one attached hydrogen (secondary N) is 2. The zero-order valence-electron chi connectivity index (χ0n) is 15.7. The SMILES string of the molecule is CCc1cccc(CC)c1NC(=O)CCNc1ccc(N(C)C)cc1. The van der Waals surface area contributed by atoms with Crippen molar-refractivity contribution < 1.29 is 4.79 Å². The van der Waals surface area contributed by atoms with Gasteiger partial charge in [-0.05, 0) is 48.2 Å². The summed E-state index contributed by atoms with van der Waals surface area (Å²) in [6, 6.07) is 14.4. The molecule has 0 bridgehead atoms. The molecule has 0 aliphatic rings. The lowest BCUT2D eigenvalue weighted by Gasteiger charge is -2.15. The van der Waals surface area contributed by atoms with Gasteiger partial charge in [0.15, 0.2) is 0 Å². The van der Waals surface area contributed by atoms with Crippen molar-refractivity contribution in [3.05, 3.63) is 53.6 Å². The standard InChI is InChI=1S/C21H29N3O/c1-5-16-8-7-9-17(6-2)21(16)23-20(25)14-15-22-18-10-12-19(13-11-18)24(3)4/h7-13,22H,5-6,14-15H2,1-4H3,(H,23,25). The van der Waals surface area contributed by atoms with Crippen molar-refractivity contribution in [3.63, 3.8) is 0 Å². The highest BCUT2D eigenvalue weighted by Crippen LogP contribution is 2.22. The summed E-state index contributed by atoms with van der Waals surface area (Å²) in [6.07, 6.45) is 2.27. The van der Waals surface area contributed by atoms with Crippen LogP contribution in [0.25, 0.3) is 0 Å². The van der Waals surface area contributed by atoms with Gasteiger partial charge in [0.25, 0.3) is 0 Å². The van der Waals surface area contributed by atoms with Crippen molar-refractivity contribution in [2.24, 2.45) is 0 Å². The molecule has 4 heteroatoms. The van der Waals surface area contributed by atoms with Crippen LogP contribution < -0.4 is 15.5 Å². The quantitative estimate of drug-likeness (QED) is 0.753. The molecule has 0 spiro atoms. The molecule has 1 amide bonds. The Hall–Kier alpha value is -2.49. The third-order valence-corrected chi connectivity index (χ3v) is 4.33. The average molecular weight is 339 g/mol. The van der Waals surface area contributed by atoms with Gasteiger partial charge in [0.1, 0.15) is 0 Å². The van der Waals surface area contributed by atoms with E-state index >= 15 is 0 Å². The van der Waals surface area contributed by atoms with E-state index in [2.05, 4.69) is 59.7 Å². The Labute approximate surface area is 151 Å². The molecule has 25 heavy (non-hydrogen) atoms. The van der Waals surface area contributed by atoms with Crippen LogP contribution in [0.3, 0.4) is 0 Å². The summed E-state index contributed by atoms with van der Waals surface area (Å²) in [5.74, 6) is 0.0491. The smallest absolute Gasteiger partial charge is 0.226 e. The maximum absolute atomic E-state index is 12.3. The van der Waals surface area contributed by atoms with Crippen LogP contribution >= 0.6 is 0 Å². The summed E-state index contributed by atoms with van der Waals surface area (Å²) in [6.45, 7) is 4.84. The molecule has 0 saturated heterocycles. The van der Waals surface area contributed by atoms with E-state index in [1.807, 2.05) is 26.2 Å². The highest BCUT2D eigenvalue weighted by Gasteiger charge is 2.09. The van der Waals surface area contributed by atoms with E-state index in [1.165, 1.54) is 11.1 Å². The number of rotatable bonds is 8. The van der Waals surface area contributed by atoms with Gasteiger partial charge in [0.2, 0.25) is 5.91 Å². The molecule has 0 atom stereocenters. The highest BCUT2D eigenvalue weighted by atomic mass is 16.1. The number of anilines is 3. The Morgan fingerprint density at radius 1 is 0.960 bits per heavy atom. The zero-order chi connectivity index (χ0) is 18.2. The molecule has 134 valence electrons. The highest BCUT2D eigenvalue weighted by molar-refractivity contribution is 5.92. The molecule has 0 aromatic heterocycles. The van der Waals surface area contributed by atoms with Gasteiger partial charge in [-0.1, -0.05) is 32.0 Å². The first-order valence-electron chi connectivity index (χ1n) is 8.97. The Kier molecular flexibility index (Phi) is 6.87. The number of para-hydroxylation sites is 1. The van der Waals surface area contributed by atoms with Crippen LogP contribution in [-0.4, -0.2) is 26.5 Å². The Bertz CT molecular complexity index is 671. The van der Waals surface area contributed by atoms with Crippen molar-refractivity contribution in [3.8, 4) is 0 Å². The average Bonchev–Trinajstić information content (AvgIpc) is 2.62. The van der Waals surface area contributed by atoms with E-state index < -0.39 is 0 Å². The monoisotopic (exact) mass is 339 g/mol. The Morgan fingerprint density at radius 3 is 2.08 bits per heavy atom. The fraction of sp³-hybridized carbons (Fsp3) is 0.381. The van der Waals surface area contributed by atoms with E-state index in [0.717, 1.165) is 29.9 Å². The van der Waals surface area contributed by atoms with Crippen molar-refractivity contribution in [2.45, 2.75) is 33.1 Å². The fourth-order valence-corrected chi connectivity index (χ4v) is 2.80. The number of amides is 1. The normalized spacial score (nSPS) is 10.4. The predicted molar refractivity (Wildman–Crippen MR) is 108 cm³/mol. The van der Waals surface area contributed by atoms with Crippen LogP contribution in [-0.2, 0) is 17.6 Å². The van der Waals surface area contributed by atoms with Crippen LogP contribution in [0, 0.1) is 0 Å². The minimum atomic E-state index is 0.0491. The minimum Gasteiger partial charge on any atom is -0.385 e. The van der Waals surface area contributed by atoms with E-state index in [1.54, 1.807) is 0 Å². The molecule has 0 unspecified atom stereocenters. The second kappa shape index (κ2) is 9.11. The van der Waals surface area contributed by atoms with Gasteiger partial charge in [0, 0.05) is 44.1 Å². The van der Waals surface area contributed by atoms with Crippen LogP contribution in [0.5, 0.6) is 0 Å².